The maximum absolute atomic E-state index is 6.24. The van der Waals surface area contributed by atoms with Crippen LogP contribution >= 0.6 is 23.4 Å². The van der Waals surface area contributed by atoms with Gasteiger partial charge in [-0.25, -0.2) is 0 Å². The van der Waals surface area contributed by atoms with E-state index in [1.54, 1.807) is 0 Å². The van der Waals surface area contributed by atoms with E-state index < -0.39 is 0 Å². The Morgan fingerprint density at radius 2 is 1.95 bits per heavy atom. The van der Waals surface area contributed by atoms with Crippen molar-refractivity contribution in [2.75, 3.05) is 0 Å². The summed E-state index contributed by atoms with van der Waals surface area (Å²) < 4.78 is 0. The molecule has 3 rings (SSSR count). The van der Waals surface area contributed by atoms with Crippen molar-refractivity contribution >= 4 is 23.4 Å². The summed E-state index contributed by atoms with van der Waals surface area (Å²) in [5.41, 5.74) is 3.93. The number of hydrogen-bond donors (Lipinski definition) is 1. The average Bonchev–Trinajstić information content (AvgIpc) is 3.30. The first-order valence-corrected chi connectivity index (χ1v) is 8.78. The van der Waals surface area contributed by atoms with E-state index in [0.717, 1.165) is 23.4 Å². The Bertz CT molecular complexity index is 622. The first-order valence-electron chi connectivity index (χ1n) is 7.41. The zero-order chi connectivity index (χ0) is 14.7. The number of aryl methyl sites for hydroxylation is 1. The number of rotatable bonds is 6. The number of thioether (sulfide) groups is 1. The van der Waals surface area contributed by atoms with Crippen LogP contribution in [0.2, 0.25) is 5.02 Å². The minimum absolute atomic E-state index is 0.743. The maximum Gasteiger partial charge on any atom is 0.0446 e. The summed E-state index contributed by atoms with van der Waals surface area (Å²) in [6.07, 6.45) is 2.65. The van der Waals surface area contributed by atoms with Crippen LogP contribution in [0.25, 0.3) is 0 Å². The van der Waals surface area contributed by atoms with Crippen molar-refractivity contribution < 1.29 is 0 Å². The zero-order valence-electron chi connectivity index (χ0n) is 12.2. The lowest BCUT2D eigenvalue weighted by Gasteiger charge is -2.12. The molecule has 0 bridgehead atoms. The van der Waals surface area contributed by atoms with Crippen molar-refractivity contribution in [3.8, 4) is 0 Å². The fourth-order valence-corrected chi connectivity index (χ4v) is 3.63. The van der Waals surface area contributed by atoms with Crippen molar-refractivity contribution in [1.82, 2.24) is 5.32 Å². The van der Waals surface area contributed by atoms with Crippen LogP contribution in [0.15, 0.2) is 47.4 Å². The Morgan fingerprint density at radius 3 is 2.71 bits per heavy atom. The molecule has 2 aromatic carbocycles. The van der Waals surface area contributed by atoms with Crippen LogP contribution in [0.1, 0.15) is 29.5 Å². The number of benzene rings is 2. The predicted molar refractivity (Wildman–Crippen MR) is 92.1 cm³/mol. The molecule has 0 heterocycles. The molecule has 110 valence electrons. The third-order valence-corrected chi connectivity index (χ3v) is 5.25. The molecule has 1 fully saturated rings. The molecule has 0 aliphatic heterocycles. The van der Waals surface area contributed by atoms with E-state index >= 15 is 0 Å². The van der Waals surface area contributed by atoms with Gasteiger partial charge in [0.1, 0.15) is 0 Å². The highest BCUT2D eigenvalue weighted by atomic mass is 35.5. The van der Waals surface area contributed by atoms with Gasteiger partial charge in [0.25, 0.3) is 0 Å². The normalized spacial score (nSPS) is 14.4. The molecule has 1 aliphatic rings. The molecular formula is C18H20ClNS. The standard InChI is InChI=1S/C18H20ClNS/c1-13-6-9-18(15(10-13)11-20-16-7-8-16)21-12-14-4-2-3-5-17(14)19/h2-6,9-10,16,20H,7-8,11-12H2,1H3. The minimum Gasteiger partial charge on any atom is -0.310 e. The lowest BCUT2D eigenvalue weighted by Crippen LogP contribution is -2.15. The van der Waals surface area contributed by atoms with Crippen LogP contribution in [0.4, 0.5) is 0 Å². The second kappa shape index (κ2) is 6.87. The molecule has 1 nitrogen and oxygen atoms in total. The second-order valence-electron chi connectivity index (χ2n) is 5.65. The summed E-state index contributed by atoms with van der Waals surface area (Å²) in [5.74, 6) is 0.916. The molecule has 0 radical (unpaired) electrons. The van der Waals surface area contributed by atoms with Gasteiger partial charge in [0.15, 0.2) is 0 Å². The first kappa shape index (κ1) is 15.0. The predicted octanol–water partition coefficient (Wildman–Crippen LogP) is 5.19. The third-order valence-electron chi connectivity index (χ3n) is 3.72. The molecule has 2 aromatic rings. The van der Waals surface area contributed by atoms with Gasteiger partial charge in [-0.2, -0.15) is 0 Å². The van der Waals surface area contributed by atoms with Gasteiger partial charge in [-0.15, -0.1) is 11.8 Å². The largest absolute Gasteiger partial charge is 0.310 e. The Kier molecular flexibility index (Phi) is 4.89. The van der Waals surface area contributed by atoms with Gasteiger partial charge in [-0.1, -0.05) is 47.5 Å². The van der Waals surface area contributed by atoms with Crippen LogP contribution in [0.3, 0.4) is 0 Å². The van der Waals surface area contributed by atoms with Crippen LogP contribution in [0, 0.1) is 6.92 Å². The molecule has 0 atom stereocenters. The summed E-state index contributed by atoms with van der Waals surface area (Å²) in [5, 5.41) is 4.47. The summed E-state index contributed by atoms with van der Waals surface area (Å²) in [4.78, 5) is 1.36. The molecule has 1 saturated carbocycles. The minimum atomic E-state index is 0.743. The number of nitrogens with one attached hydrogen (secondary N) is 1. The SMILES string of the molecule is Cc1ccc(SCc2ccccc2Cl)c(CNC2CC2)c1. The molecule has 1 aliphatic carbocycles. The lowest BCUT2D eigenvalue weighted by atomic mass is 10.1. The first-order chi connectivity index (χ1) is 10.2. The summed E-state index contributed by atoms with van der Waals surface area (Å²) >= 11 is 8.11. The van der Waals surface area contributed by atoms with E-state index in [0.29, 0.717) is 0 Å². The average molecular weight is 318 g/mol. The van der Waals surface area contributed by atoms with Crippen LogP contribution < -0.4 is 5.32 Å². The quantitative estimate of drug-likeness (QED) is 0.736. The molecule has 21 heavy (non-hydrogen) atoms. The molecule has 0 aromatic heterocycles. The molecule has 0 saturated heterocycles. The monoisotopic (exact) mass is 317 g/mol. The van der Waals surface area contributed by atoms with Crippen molar-refractivity contribution in [3.63, 3.8) is 0 Å². The topological polar surface area (TPSA) is 12.0 Å². The van der Waals surface area contributed by atoms with Crippen LogP contribution in [0.5, 0.6) is 0 Å². The molecule has 1 N–H and O–H groups in total. The Labute approximate surface area is 136 Å². The summed E-state index contributed by atoms with van der Waals surface area (Å²) in [7, 11) is 0. The van der Waals surface area contributed by atoms with Gasteiger partial charge in [0.2, 0.25) is 0 Å². The fraction of sp³-hybridized carbons (Fsp3) is 0.333. The Hall–Kier alpha value is -0.960. The number of hydrogen-bond acceptors (Lipinski definition) is 2. The van der Waals surface area contributed by atoms with Crippen molar-refractivity contribution in [3.05, 3.63) is 64.2 Å². The highest BCUT2D eigenvalue weighted by molar-refractivity contribution is 7.98. The van der Waals surface area contributed by atoms with Crippen molar-refractivity contribution in [1.29, 1.82) is 0 Å². The second-order valence-corrected chi connectivity index (χ2v) is 7.07. The molecule has 0 amide bonds. The van der Waals surface area contributed by atoms with E-state index in [-0.39, 0.29) is 0 Å². The highest BCUT2D eigenvalue weighted by Crippen LogP contribution is 2.30. The summed E-state index contributed by atoms with van der Waals surface area (Å²) in [6.45, 7) is 3.13. The third kappa shape index (κ3) is 4.26. The van der Waals surface area contributed by atoms with Crippen LogP contribution in [-0.4, -0.2) is 6.04 Å². The van der Waals surface area contributed by atoms with E-state index in [4.69, 9.17) is 11.6 Å². The van der Waals surface area contributed by atoms with Crippen molar-refractivity contribution in [2.45, 2.75) is 43.0 Å². The zero-order valence-corrected chi connectivity index (χ0v) is 13.8. The molecular weight excluding hydrogens is 298 g/mol. The van der Waals surface area contributed by atoms with E-state index in [1.165, 1.54) is 34.4 Å². The Balaban J connectivity index is 1.70. The van der Waals surface area contributed by atoms with Gasteiger partial charge < -0.3 is 5.32 Å². The maximum atomic E-state index is 6.24. The van der Waals surface area contributed by atoms with Crippen LogP contribution in [-0.2, 0) is 12.3 Å². The van der Waals surface area contributed by atoms with Gasteiger partial charge in [-0.3, -0.25) is 0 Å². The summed E-state index contributed by atoms with van der Waals surface area (Å²) in [6, 6.07) is 15.6. The fourth-order valence-electron chi connectivity index (χ4n) is 2.30. The molecule has 3 heteroatoms. The van der Waals surface area contributed by atoms with Gasteiger partial charge >= 0.3 is 0 Å². The highest BCUT2D eigenvalue weighted by Gasteiger charge is 2.20. The Morgan fingerprint density at radius 1 is 1.14 bits per heavy atom. The van der Waals surface area contributed by atoms with E-state index in [1.807, 2.05) is 30.0 Å². The smallest absolute Gasteiger partial charge is 0.0446 e. The van der Waals surface area contributed by atoms with Gasteiger partial charge in [0.05, 0.1) is 0 Å². The molecule has 0 unspecified atom stereocenters. The molecule has 0 spiro atoms. The van der Waals surface area contributed by atoms with Crippen molar-refractivity contribution in [2.24, 2.45) is 0 Å². The lowest BCUT2D eigenvalue weighted by molar-refractivity contribution is 0.680. The van der Waals surface area contributed by atoms with E-state index in [2.05, 4.69) is 36.5 Å². The van der Waals surface area contributed by atoms with Gasteiger partial charge in [-0.05, 0) is 43.0 Å². The van der Waals surface area contributed by atoms with Gasteiger partial charge in [0, 0.05) is 28.3 Å². The van der Waals surface area contributed by atoms with E-state index in [9.17, 15) is 0 Å². The number of halogens is 1.